The minimum absolute atomic E-state index is 0. The van der Waals surface area contributed by atoms with Crippen molar-refractivity contribution in [2.45, 2.75) is 26.3 Å². The highest BCUT2D eigenvalue weighted by Crippen LogP contribution is 2.31. The maximum absolute atomic E-state index is 5.08. The lowest BCUT2D eigenvalue weighted by atomic mass is 10.0. The van der Waals surface area contributed by atoms with Gasteiger partial charge in [0.1, 0.15) is 0 Å². The van der Waals surface area contributed by atoms with Crippen molar-refractivity contribution in [1.82, 2.24) is 4.90 Å². The second kappa shape index (κ2) is 9.92. The predicted molar refractivity (Wildman–Crippen MR) is 123 cm³/mol. The van der Waals surface area contributed by atoms with E-state index in [-0.39, 0.29) is 24.8 Å². The number of hydrogen-bond acceptors (Lipinski definition) is 4. The van der Waals surface area contributed by atoms with Crippen LogP contribution in [0.5, 0.6) is 0 Å². The molecule has 1 atom stereocenters. The number of thiophene rings is 1. The van der Waals surface area contributed by atoms with Crippen LogP contribution in [-0.4, -0.2) is 49.4 Å². The number of aliphatic imine (C=N–C) groups is 1. The van der Waals surface area contributed by atoms with Crippen molar-refractivity contribution >= 4 is 47.5 Å². The van der Waals surface area contributed by atoms with E-state index >= 15 is 0 Å². The highest BCUT2D eigenvalue weighted by atomic mass is 35.5. The molecule has 3 nitrogen and oxygen atoms in total. The largest absolute Gasteiger partial charge is 0.364 e. The lowest BCUT2D eigenvalue weighted by Crippen LogP contribution is -2.54. The first-order chi connectivity index (χ1) is 12.2. The first-order valence-electron chi connectivity index (χ1n) is 9.39. The molecule has 0 bridgehead atoms. The van der Waals surface area contributed by atoms with Crippen molar-refractivity contribution in [2.24, 2.45) is 10.9 Å². The molecule has 4 rings (SSSR count). The normalized spacial score (nSPS) is 19.3. The fraction of sp³-hybridized carbons (Fsp3) is 0.476. The van der Waals surface area contributed by atoms with Gasteiger partial charge in [0.2, 0.25) is 0 Å². The Labute approximate surface area is 179 Å². The molecular weight excluding hydrogens is 397 g/mol. The molecule has 2 aliphatic rings. The number of fused-ring (bicyclic) bond motifs is 3. The molecule has 0 radical (unpaired) electrons. The zero-order chi connectivity index (χ0) is 17.2. The number of halogens is 2. The van der Waals surface area contributed by atoms with Gasteiger partial charge in [-0.15, -0.1) is 36.2 Å². The maximum Gasteiger partial charge on any atom is 0.0840 e. The number of para-hydroxylation sites is 1. The SMILES string of the molecule is CC(C)CCN1CCN2c3ccccc3C(c3cccs3)=NCC2C1.Cl.Cl. The monoisotopic (exact) mass is 425 g/mol. The summed E-state index contributed by atoms with van der Waals surface area (Å²) >= 11 is 1.79. The van der Waals surface area contributed by atoms with Crippen LogP contribution in [0.4, 0.5) is 5.69 Å². The van der Waals surface area contributed by atoms with Gasteiger partial charge in [-0.25, -0.2) is 0 Å². The first kappa shape index (κ1) is 22.2. The fourth-order valence-corrected chi connectivity index (χ4v) is 4.61. The minimum atomic E-state index is 0. The molecular formula is C21H29Cl2N3S. The Kier molecular flexibility index (Phi) is 8.17. The van der Waals surface area contributed by atoms with E-state index in [0.717, 1.165) is 32.1 Å². The number of benzene rings is 1. The third-order valence-corrected chi connectivity index (χ3v) is 6.15. The molecule has 0 N–H and O–H groups in total. The van der Waals surface area contributed by atoms with Gasteiger partial charge in [0.15, 0.2) is 0 Å². The zero-order valence-electron chi connectivity index (χ0n) is 16.0. The summed E-state index contributed by atoms with van der Waals surface area (Å²) in [6, 6.07) is 13.6. The van der Waals surface area contributed by atoms with Crippen molar-refractivity contribution in [3.8, 4) is 0 Å². The minimum Gasteiger partial charge on any atom is -0.364 e. The van der Waals surface area contributed by atoms with Crippen molar-refractivity contribution in [2.75, 3.05) is 37.6 Å². The Balaban J connectivity index is 0.00000131. The van der Waals surface area contributed by atoms with Gasteiger partial charge in [-0.05, 0) is 36.4 Å². The number of piperazine rings is 1. The first-order valence-corrected chi connectivity index (χ1v) is 10.3. The van der Waals surface area contributed by atoms with Crippen LogP contribution in [0.15, 0.2) is 46.8 Å². The fourth-order valence-electron chi connectivity index (χ4n) is 3.87. The smallest absolute Gasteiger partial charge is 0.0840 e. The molecule has 0 saturated carbocycles. The van der Waals surface area contributed by atoms with E-state index < -0.39 is 0 Å². The summed E-state index contributed by atoms with van der Waals surface area (Å²) in [6.45, 7) is 10.1. The summed E-state index contributed by atoms with van der Waals surface area (Å²) in [7, 11) is 0. The van der Waals surface area contributed by atoms with Crippen LogP contribution < -0.4 is 4.90 Å². The molecule has 1 unspecified atom stereocenters. The van der Waals surface area contributed by atoms with E-state index in [0.29, 0.717) is 6.04 Å². The molecule has 1 saturated heterocycles. The Morgan fingerprint density at radius 3 is 2.67 bits per heavy atom. The molecule has 1 fully saturated rings. The van der Waals surface area contributed by atoms with Crippen molar-refractivity contribution in [3.05, 3.63) is 52.2 Å². The predicted octanol–water partition coefficient (Wildman–Crippen LogP) is 4.98. The van der Waals surface area contributed by atoms with Crippen LogP contribution in [0, 0.1) is 5.92 Å². The van der Waals surface area contributed by atoms with Crippen LogP contribution >= 0.6 is 36.2 Å². The average Bonchev–Trinajstić information content (AvgIpc) is 3.10. The quantitative estimate of drug-likeness (QED) is 0.687. The number of anilines is 1. The number of nitrogens with zero attached hydrogens (tertiary/aromatic N) is 3. The van der Waals surface area contributed by atoms with E-state index in [1.54, 1.807) is 11.3 Å². The third-order valence-electron chi connectivity index (χ3n) is 5.27. The molecule has 0 aliphatic carbocycles. The molecule has 1 aromatic carbocycles. The number of hydrogen-bond donors (Lipinski definition) is 0. The molecule has 6 heteroatoms. The Bertz CT molecular complexity index is 746. The number of rotatable bonds is 4. The molecule has 148 valence electrons. The molecule has 0 amide bonds. The van der Waals surface area contributed by atoms with Gasteiger partial charge in [-0.3, -0.25) is 9.89 Å². The molecule has 27 heavy (non-hydrogen) atoms. The van der Waals surface area contributed by atoms with E-state index in [2.05, 4.69) is 65.4 Å². The van der Waals surface area contributed by atoms with E-state index in [1.807, 2.05) is 0 Å². The lowest BCUT2D eigenvalue weighted by Gasteiger charge is -2.42. The van der Waals surface area contributed by atoms with E-state index in [4.69, 9.17) is 4.99 Å². The summed E-state index contributed by atoms with van der Waals surface area (Å²) in [4.78, 5) is 11.6. The Hall–Kier alpha value is -1.07. The third kappa shape index (κ3) is 4.86. The molecule has 0 spiro atoms. The van der Waals surface area contributed by atoms with Gasteiger partial charge in [0, 0.05) is 30.9 Å². The summed E-state index contributed by atoms with van der Waals surface area (Å²) in [5, 5.41) is 2.15. The topological polar surface area (TPSA) is 18.8 Å². The van der Waals surface area contributed by atoms with Crippen LogP contribution in [0.1, 0.15) is 30.7 Å². The van der Waals surface area contributed by atoms with Crippen molar-refractivity contribution in [3.63, 3.8) is 0 Å². The Morgan fingerprint density at radius 2 is 1.93 bits per heavy atom. The van der Waals surface area contributed by atoms with Gasteiger partial charge in [-0.1, -0.05) is 38.1 Å². The van der Waals surface area contributed by atoms with Gasteiger partial charge >= 0.3 is 0 Å². The highest BCUT2D eigenvalue weighted by Gasteiger charge is 2.31. The van der Waals surface area contributed by atoms with Crippen LogP contribution in [0.2, 0.25) is 0 Å². The summed E-state index contributed by atoms with van der Waals surface area (Å²) in [5.74, 6) is 0.774. The van der Waals surface area contributed by atoms with Gasteiger partial charge in [-0.2, -0.15) is 0 Å². The standard InChI is InChI=1S/C21H27N3S.2ClH/c1-16(2)9-10-23-11-12-24-17(15-23)14-22-21(20-8-5-13-25-20)18-6-3-4-7-19(18)24;;/h3-8,13,16-17H,9-12,14-15H2,1-2H3;2*1H. The van der Waals surface area contributed by atoms with Crippen LogP contribution in [-0.2, 0) is 0 Å². The van der Waals surface area contributed by atoms with E-state index in [9.17, 15) is 0 Å². The molecule has 2 aromatic rings. The van der Waals surface area contributed by atoms with Crippen LogP contribution in [0.25, 0.3) is 0 Å². The summed E-state index contributed by atoms with van der Waals surface area (Å²) in [6.07, 6.45) is 1.28. The van der Waals surface area contributed by atoms with Crippen molar-refractivity contribution < 1.29 is 0 Å². The lowest BCUT2D eigenvalue weighted by molar-refractivity contribution is 0.214. The maximum atomic E-state index is 5.08. The second-order valence-corrected chi connectivity index (χ2v) is 8.46. The average molecular weight is 426 g/mol. The van der Waals surface area contributed by atoms with Gasteiger partial charge < -0.3 is 4.90 Å². The summed E-state index contributed by atoms with van der Waals surface area (Å²) in [5.41, 5.74) is 3.83. The zero-order valence-corrected chi connectivity index (χ0v) is 18.5. The molecule has 2 aliphatic heterocycles. The second-order valence-electron chi connectivity index (χ2n) is 7.51. The van der Waals surface area contributed by atoms with E-state index in [1.165, 1.54) is 34.8 Å². The van der Waals surface area contributed by atoms with Crippen molar-refractivity contribution in [1.29, 1.82) is 0 Å². The van der Waals surface area contributed by atoms with Gasteiger partial charge in [0.05, 0.1) is 23.2 Å². The van der Waals surface area contributed by atoms with Gasteiger partial charge in [0.25, 0.3) is 0 Å². The Morgan fingerprint density at radius 1 is 1.11 bits per heavy atom. The highest BCUT2D eigenvalue weighted by molar-refractivity contribution is 7.12. The summed E-state index contributed by atoms with van der Waals surface area (Å²) < 4.78 is 0. The van der Waals surface area contributed by atoms with Crippen LogP contribution in [0.3, 0.4) is 0 Å². The molecule has 3 heterocycles. The molecule has 1 aromatic heterocycles.